The van der Waals surface area contributed by atoms with Crippen LogP contribution >= 0.6 is 0 Å². The lowest BCUT2D eigenvalue weighted by molar-refractivity contribution is 0.100. The van der Waals surface area contributed by atoms with Crippen molar-refractivity contribution in [1.82, 2.24) is 19.3 Å². The molecule has 0 aliphatic carbocycles. The average Bonchev–Trinajstić information content (AvgIpc) is 3.33. The molecule has 4 aromatic rings. The highest BCUT2D eigenvalue weighted by atomic mass is 16.1. The molecule has 0 aliphatic rings. The van der Waals surface area contributed by atoms with E-state index in [9.17, 15) is 4.79 Å². The fourth-order valence-corrected chi connectivity index (χ4v) is 4.15. The molecule has 0 aliphatic heterocycles. The van der Waals surface area contributed by atoms with Crippen LogP contribution in [0, 0.1) is 13.8 Å². The molecular weight excluding hydrogens is 428 g/mol. The predicted molar refractivity (Wildman–Crippen MR) is 137 cm³/mol. The Morgan fingerprint density at radius 3 is 2.68 bits per heavy atom. The van der Waals surface area contributed by atoms with Crippen LogP contribution in [0.2, 0.25) is 0 Å². The second-order valence-corrected chi connectivity index (χ2v) is 8.44. The Kier molecular flexibility index (Phi) is 6.72. The van der Waals surface area contributed by atoms with Crippen LogP contribution in [-0.2, 0) is 13.1 Å². The van der Waals surface area contributed by atoms with E-state index in [-0.39, 0.29) is 0 Å². The number of benzene rings is 2. The number of hydrogen-bond donors (Lipinski definition) is 4. The number of aromatic nitrogens is 4. The zero-order valence-electron chi connectivity index (χ0n) is 19.9. The number of rotatable bonds is 10. The Morgan fingerprint density at radius 1 is 1.12 bits per heavy atom. The molecule has 9 heteroatoms. The quantitative estimate of drug-likeness (QED) is 0.207. The maximum absolute atomic E-state index is 11.7. The molecule has 4 rings (SSSR count). The van der Waals surface area contributed by atoms with Gasteiger partial charge in [0.05, 0.1) is 28.1 Å². The van der Waals surface area contributed by atoms with Gasteiger partial charge >= 0.3 is 0 Å². The lowest BCUT2D eigenvalue weighted by Gasteiger charge is -2.14. The zero-order chi connectivity index (χ0) is 24.2. The van der Waals surface area contributed by atoms with Gasteiger partial charge in [0.25, 0.3) is 0 Å². The van der Waals surface area contributed by atoms with Crippen molar-refractivity contribution in [3.05, 3.63) is 59.3 Å². The van der Waals surface area contributed by atoms with Gasteiger partial charge in [-0.2, -0.15) is 5.10 Å². The Labute approximate surface area is 199 Å². The molecule has 6 N–H and O–H groups in total. The molecule has 0 radical (unpaired) electrons. The largest absolute Gasteiger partial charge is 0.397 e. The summed E-state index contributed by atoms with van der Waals surface area (Å²) in [7, 11) is 0. The van der Waals surface area contributed by atoms with E-state index in [4.69, 9.17) is 16.5 Å². The van der Waals surface area contributed by atoms with Gasteiger partial charge < -0.3 is 26.7 Å². The minimum Gasteiger partial charge on any atom is -0.397 e. The van der Waals surface area contributed by atoms with Crippen molar-refractivity contribution in [1.29, 1.82) is 0 Å². The van der Waals surface area contributed by atoms with Crippen molar-refractivity contribution in [3.8, 4) is 0 Å². The van der Waals surface area contributed by atoms with E-state index < -0.39 is 5.91 Å². The Balaban J connectivity index is 1.53. The van der Waals surface area contributed by atoms with Crippen LogP contribution in [0.15, 0.2) is 42.5 Å². The number of nitrogens with one attached hydrogen (secondary N) is 2. The minimum absolute atomic E-state index is 0.443. The van der Waals surface area contributed by atoms with Crippen molar-refractivity contribution in [2.45, 2.75) is 46.7 Å². The summed E-state index contributed by atoms with van der Waals surface area (Å²) in [4.78, 5) is 16.4. The molecule has 1 amide bonds. The first-order chi connectivity index (χ1) is 16.4. The number of para-hydroxylation sites is 1. The number of aryl methyl sites for hydroxylation is 4. The fourth-order valence-electron chi connectivity index (χ4n) is 4.15. The van der Waals surface area contributed by atoms with Gasteiger partial charge in [0.2, 0.25) is 11.9 Å². The van der Waals surface area contributed by atoms with Crippen molar-refractivity contribution in [2.75, 3.05) is 22.9 Å². The van der Waals surface area contributed by atoms with Crippen LogP contribution in [0.1, 0.15) is 41.4 Å². The molecule has 2 aromatic heterocycles. The number of nitrogen functional groups attached to an aromatic ring is 1. The summed E-state index contributed by atoms with van der Waals surface area (Å²) in [5.74, 6) is 1.12. The number of unbranched alkanes of at least 4 members (excludes halogenated alkanes) is 1. The molecule has 0 unspecified atom stereocenters. The van der Waals surface area contributed by atoms with Gasteiger partial charge in [-0.1, -0.05) is 12.1 Å². The van der Waals surface area contributed by atoms with Gasteiger partial charge in [-0.15, -0.1) is 0 Å². The van der Waals surface area contributed by atoms with Crippen LogP contribution in [0.4, 0.5) is 23.1 Å². The van der Waals surface area contributed by atoms with Crippen molar-refractivity contribution in [2.24, 2.45) is 5.73 Å². The van der Waals surface area contributed by atoms with Crippen LogP contribution in [-0.4, -0.2) is 31.8 Å². The number of imidazole rings is 1. The topological polar surface area (TPSA) is 129 Å². The van der Waals surface area contributed by atoms with Gasteiger partial charge in [0.15, 0.2) is 0 Å². The van der Waals surface area contributed by atoms with Crippen LogP contribution in [0.3, 0.4) is 0 Å². The highest BCUT2D eigenvalue weighted by molar-refractivity contribution is 5.96. The number of amides is 1. The first-order valence-electron chi connectivity index (χ1n) is 11.6. The van der Waals surface area contributed by atoms with E-state index in [0.29, 0.717) is 11.5 Å². The average molecular weight is 461 g/mol. The molecular formula is C25H32N8O. The lowest BCUT2D eigenvalue weighted by atomic mass is 10.1. The molecule has 0 fully saturated rings. The number of fused-ring (bicyclic) bond motifs is 1. The van der Waals surface area contributed by atoms with E-state index in [2.05, 4.69) is 33.3 Å². The van der Waals surface area contributed by atoms with Crippen LogP contribution in [0.5, 0.6) is 0 Å². The monoisotopic (exact) mass is 460 g/mol. The van der Waals surface area contributed by atoms with Gasteiger partial charge in [-0.3, -0.25) is 4.79 Å². The third-order valence-corrected chi connectivity index (χ3v) is 5.89. The molecule has 0 spiro atoms. The minimum atomic E-state index is -0.466. The molecule has 0 atom stereocenters. The predicted octanol–water partition coefficient (Wildman–Crippen LogP) is 4.19. The first-order valence-corrected chi connectivity index (χ1v) is 11.6. The lowest BCUT2D eigenvalue weighted by Crippen LogP contribution is -2.11. The molecule has 2 heterocycles. The summed E-state index contributed by atoms with van der Waals surface area (Å²) < 4.78 is 4.05. The number of carbonyl (C=O) groups is 1. The molecule has 2 aromatic carbocycles. The van der Waals surface area contributed by atoms with E-state index in [1.165, 1.54) is 0 Å². The Bertz CT molecular complexity index is 1300. The van der Waals surface area contributed by atoms with Crippen LogP contribution < -0.4 is 22.1 Å². The standard InChI is InChI=1S/C25H32N8O/c1-4-33-22(14-17(3)31-33)30-25-29-20-15-18(24(27)34)10-11-21(20)32(25)13-6-5-12-28-23-16(2)8-7-9-19(23)26/h7-11,14-15,28H,4-6,12-13,26H2,1-3H3,(H2,27,34)(H,29,30). The third-order valence-electron chi connectivity index (χ3n) is 5.89. The maximum atomic E-state index is 11.7. The van der Waals surface area contributed by atoms with Crippen LogP contribution in [0.25, 0.3) is 11.0 Å². The second-order valence-electron chi connectivity index (χ2n) is 8.44. The molecule has 0 saturated carbocycles. The van der Waals surface area contributed by atoms with Gasteiger partial charge in [0, 0.05) is 31.3 Å². The smallest absolute Gasteiger partial charge is 0.248 e. The highest BCUT2D eigenvalue weighted by Crippen LogP contribution is 2.26. The van der Waals surface area contributed by atoms with E-state index in [1.54, 1.807) is 12.1 Å². The Morgan fingerprint density at radius 2 is 1.94 bits per heavy atom. The number of carbonyl (C=O) groups excluding carboxylic acids is 1. The molecule has 178 valence electrons. The summed E-state index contributed by atoms with van der Waals surface area (Å²) in [6.45, 7) is 8.39. The number of hydrogen-bond acceptors (Lipinski definition) is 6. The number of nitrogens with zero attached hydrogens (tertiary/aromatic N) is 4. The summed E-state index contributed by atoms with van der Waals surface area (Å²) in [6.07, 6.45) is 1.89. The SMILES string of the molecule is CCn1nc(C)cc1Nc1nc2cc(C(N)=O)ccc2n1CCCCNc1c(C)cccc1N. The van der Waals surface area contributed by atoms with E-state index >= 15 is 0 Å². The first kappa shape index (κ1) is 23.2. The summed E-state index contributed by atoms with van der Waals surface area (Å²) in [5.41, 5.74) is 17.5. The normalized spacial score (nSPS) is 11.1. The fraction of sp³-hybridized carbons (Fsp3) is 0.320. The molecule has 9 nitrogen and oxygen atoms in total. The summed E-state index contributed by atoms with van der Waals surface area (Å²) >= 11 is 0. The van der Waals surface area contributed by atoms with E-state index in [1.807, 2.05) is 42.8 Å². The van der Waals surface area contributed by atoms with Gasteiger partial charge in [0.1, 0.15) is 5.82 Å². The van der Waals surface area contributed by atoms with Crippen molar-refractivity contribution >= 4 is 40.1 Å². The van der Waals surface area contributed by atoms with Gasteiger partial charge in [-0.25, -0.2) is 9.67 Å². The maximum Gasteiger partial charge on any atom is 0.248 e. The zero-order valence-corrected chi connectivity index (χ0v) is 19.9. The second kappa shape index (κ2) is 9.86. The summed E-state index contributed by atoms with van der Waals surface area (Å²) in [6, 6.07) is 13.3. The van der Waals surface area contributed by atoms with Crippen molar-refractivity contribution in [3.63, 3.8) is 0 Å². The molecule has 34 heavy (non-hydrogen) atoms. The van der Waals surface area contributed by atoms with E-state index in [0.717, 1.165) is 72.0 Å². The van der Waals surface area contributed by atoms with Gasteiger partial charge in [-0.05, 0) is 63.4 Å². The Hall–Kier alpha value is -4.01. The molecule has 0 saturated heterocycles. The third kappa shape index (κ3) is 4.83. The highest BCUT2D eigenvalue weighted by Gasteiger charge is 2.15. The summed E-state index contributed by atoms with van der Waals surface area (Å²) in [5, 5.41) is 11.4. The molecule has 0 bridgehead atoms. The number of primary amides is 1. The number of nitrogens with two attached hydrogens (primary N) is 2. The van der Waals surface area contributed by atoms with Crippen molar-refractivity contribution < 1.29 is 4.79 Å². The number of anilines is 4.